The quantitative estimate of drug-likeness (QED) is 0.736. The third-order valence-electron chi connectivity index (χ3n) is 2.24. The van der Waals surface area contributed by atoms with Crippen LogP contribution in [0, 0.1) is 0 Å². The summed E-state index contributed by atoms with van der Waals surface area (Å²) in [4.78, 5) is 1.02. The molecular weight excluding hydrogens is 224 g/mol. The number of rotatable bonds is 2. The van der Waals surface area contributed by atoms with Crippen LogP contribution in [0.25, 0.3) is 21.9 Å². The smallest absolute Gasteiger partial charge is 0.231 e. The summed E-state index contributed by atoms with van der Waals surface area (Å²) in [7, 11) is 0. The second kappa shape index (κ2) is 3.53. The van der Waals surface area contributed by atoms with Crippen molar-refractivity contribution in [3.8, 4) is 21.9 Å². The molecule has 3 heterocycles. The molecular formula is C11H8N2O2S. The zero-order valence-corrected chi connectivity index (χ0v) is 9.03. The third kappa shape index (κ3) is 1.33. The Bertz CT molecular complexity index is 582. The topological polar surface area (TPSA) is 65.2 Å². The van der Waals surface area contributed by atoms with Crippen molar-refractivity contribution in [3.05, 3.63) is 35.9 Å². The Labute approximate surface area is 95.3 Å². The molecule has 4 nitrogen and oxygen atoms in total. The fraction of sp³-hybridized carbons (Fsp3) is 0. The number of furan rings is 1. The molecule has 2 N–H and O–H groups in total. The van der Waals surface area contributed by atoms with Crippen LogP contribution in [0.4, 0.5) is 5.88 Å². The highest BCUT2D eigenvalue weighted by molar-refractivity contribution is 7.13. The summed E-state index contributed by atoms with van der Waals surface area (Å²) < 4.78 is 10.3. The Hall–Kier alpha value is -2.01. The molecule has 0 radical (unpaired) electrons. The first kappa shape index (κ1) is 9.23. The first-order valence-corrected chi connectivity index (χ1v) is 5.57. The van der Waals surface area contributed by atoms with Crippen LogP contribution in [-0.2, 0) is 0 Å². The third-order valence-corrected chi connectivity index (χ3v) is 3.13. The number of nitrogen functional groups attached to an aromatic ring is 1. The summed E-state index contributed by atoms with van der Waals surface area (Å²) in [6.07, 6.45) is 1.60. The van der Waals surface area contributed by atoms with Gasteiger partial charge >= 0.3 is 0 Å². The Balaban J connectivity index is 2.21. The summed E-state index contributed by atoms with van der Waals surface area (Å²) in [5.41, 5.74) is 7.21. The zero-order chi connectivity index (χ0) is 11.0. The Kier molecular flexibility index (Phi) is 2.04. The van der Waals surface area contributed by atoms with Gasteiger partial charge in [-0.3, -0.25) is 0 Å². The molecule has 0 aliphatic carbocycles. The molecule has 80 valence electrons. The maximum Gasteiger partial charge on any atom is 0.231 e. The SMILES string of the molecule is Nc1onc(-c2ccco2)c1-c1cccs1. The monoisotopic (exact) mass is 232 g/mol. The lowest BCUT2D eigenvalue weighted by Gasteiger charge is -1.95. The van der Waals surface area contributed by atoms with Gasteiger partial charge in [0.15, 0.2) is 11.5 Å². The molecule has 16 heavy (non-hydrogen) atoms. The van der Waals surface area contributed by atoms with Gasteiger partial charge in [-0.15, -0.1) is 11.3 Å². The van der Waals surface area contributed by atoms with E-state index >= 15 is 0 Å². The van der Waals surface area contributed by atoms with Gasteiger partial charge in [-0.05, 0) is 23.6 Å². The molecule has 0 atom stereocenters. The lowest BCUT2D eigenvalue weighted by Crippen LogP contribution is -1.84. The molecule has 3 rings (SSSR count). The van der Waals surface area contributed by atoms with Crippen LogP contribution in [0.1, 0.15) is 0 Å². The Morgan fingerprint density at radius 1 is 1.25 bits per heavy atom. The van der Waals surface area contributed by atoms with Gasteiger partial charge in [-0.25, -0.2) is 0 Å². The van der Waals surface area contributed by atoms with Crippen molar-refractivity contribution in [1.82, 2.24) is 5.16 Å². The Morgan fingerprint density at radius 3 is 2.88 bits per heavy atom. The second-order valence-corrected chi connectivity index (χ2v) is 4.17. The van der Waals surface area contributed by atoms with Gasteiger partial charge in [0.05, 0.1) is 11.8 Å². The number of hydrogen-bond acceptors (Lipinski definition) is 5. The predicted octanol–water partition coefficient (Wildman–Crippen LogP) is 3.25. The second-order valence-electron chi connectivity index (χ2n) is 3.23. The summed E-state index contributed by atoms with van der Waals surface area (Å²) >= 11 is 1.58. The van der Waals surface area contributed by atoms with Crippen LogP contribution < -0.4 is 5.73 Å². The summed E-state index contributed by atoms with van der Waals surface area (Å²) in [5, 5.41) is 5.91. The van der Waals surface area contributed by atoms with E-state index in [2.05, 4.69) is 5.16 Å². The van der Waals surface area contributed by atoms with Crippen molar-refractivity contribution in [2.24, 2.45) is 0 Å². The van der Waals surface area contributed by atoms with E-state index in [4.69, 9.17) is 14.7 Å². The number of thiophene rings is 1. The molecule has 0 saturated carbocycles. The van der Waals surface area contributed by atoms with Crippen molar-refractivity contribution >= 4 is 17.2 Å². The van der Waals surface area contributed by atoms with Gasteiger partial charge in [0.25, 0.3) is 0 Å². The first-order chi connectivity index (χ1) is 7.86. The van der Waals surface area contributed by atoms with Crippen molar-refractivity contribution in [2.75, 3.05) is 5.73 Å². The van der Waals surface area contributed by atoms with E-state index in [-0.39, 0.29) is 0 Å². The number of nitrogens with two attached hydrogens (primary N) is 1. The molecule has 0 aliphatic rings. The van der Waals surface area contributed by atoms with Gasteiger partial charge in [-0.2, -0.15) is 0 Å². The molecule has 0 aliphatic heterocycles. The van der Waals surface area contributed by atoms with Gasteiger partial charge in [-0.1, -0.05) is 11.2 Å². The molecule has 0 spiro atoms. The van der Waals surface area contributed by atoms with Crippen LogP contribution in [0.3, 0.4) is 0 Å². The standard InChI is InChI=1S/C11H8N2O2S/c12-11-9(8-4-2-6-16-8)10(13-15-11)7-3-1-5-14-7/h1-6H,12H2. The van der Waals surface area contributed by atoms with Crippen LogP contribution in [0.5, 0.6) is 0 Å². The van der Waals surface area contributed by atoms with Gasteiger partial charge in [0.1, 0.15) is 0 Å². The average molecular weight is 232 g/mol. The molecule has 0 saturated heterocycles. The van der Waals surface area contributed by atoms with Crippen molar-refractivity contribution in [1.29, 1.82) is 0 Å². The van der Waals surface area contributed by atoms with E-state index in [1.807, 2.05) is 23.6 Å². The fourth-order valence-electron chi connectivity index (χ4n) is 1.54. The maximum atomic E-state index is 5.77. The van der Waals surface area contributed by atoms with E-state index < -0.39 is 0 Å². The van der Waals surface area contributed by atoms with Gasteiger partial charge in [0.2, 0.25) is 5.88 Å². The number of hydrogen-bond donors (Lipinski definition) is 1. The first-order valence-electron chi connectivity index (χ1n) is 4.69. The highest BCUT2D eigenvalue weighted by atomic mass is 32.1. The van der Waals surface area contributed by atoms with E-state index in [0.717, 1.165) is 10.4 Å². The maximum absolute atomic E-state index is 5.77. The van der Waals surface area contributed by atoms with Crippen LogP contribution >= 0.6 is 11.3 Å². The lowest BCUT2D eigenvalue weighted by molar-refractivity contribution is 0.436. The van der Waals surface area contributed by atoms with Crippen LogP contribution in [0.15, 0.2) is 44.8 Å². The van der Waals surface area contributed by atoms with Crippen molar-refractivity contribution in [3.63, 3.8) is 0 Å². The summed E-state index contributed by atoms with van der Waals surface area (Å²) in [6, 6.07) is 7.56. The Morgan fingerprint density at radius 2 is 2.19 bits per heavy atom. The van der Waals surface area contributed by atoms with E-state index in [9.17, 15) is 0 Å². The molecule has 0 fully saturated rings. The molecule has 0 unspecified atom stereocenters. The highest BCUT2D eigenvalue weighted by Crippen LogP contribution is 2.38. The largest absolute Gasteiger partial charge is 0.463 e. The highest BCUT2D eigenvalue weighted by Gasteiger charge is 2.19. The average Bonchev–Trinajstić information content (AvgIpc) is 2.96. The molecule has 3 aromatic heterocycles. The molecule has 0 aromatic carbocycles. The van der Waals surface area contributed by atoms with E-state index in [1.54, 1.807) is 23.7 Å². The van der Waals surface area contributed by atoms with Crippen molar-refractivity contribution < 1.29 is 8.94 Å². The summed E-state index contributed by atoms with van der Waals surface area (Å²) in [6.45, 7) is 0. The van der Waals surface area contributed by atoms with Crippen molar-refractivity contribution in [2.45, 2.75) is 0 Å². The fourth-order valence-corrected chi connectivity index (χ4v) is 2.32. The minimum atomic E-state index is 0.314. The van der Waals surface area contributed by atoms with E-state index in [0.29, 0.717) is 17.3 Å². The number of anilines is 1. The molecule has 3 aromatic rings. The minimum Gasteiger partial charge on any atom is -0.463 e. The van der Waals surface area contributed by atoms with E-state index in [1.165, 1.54) is 0 Å². The number of nitrogens with zero attached hydrogens (tertiary/aromatic N) is 1. The zero-order valence-electron chi connectivity index (χ0n) is 8.21. The number of aromatic nitrogens is 1. The molecule has 5 heteroatoms. The normalized spacial score (nSPS) is 10.8. The summed E-state index contributed by atoms with van der Waals surface area (Å²) in [5.74, 6) is 0.970. The minimum absolute atomic E-state index is 0.314. The molecule has 0 amide bonds. The van der Waals surface area contributed by atoms with Crippen LogP contribution in [-0.4, -0.2) is 5.16 Å². The van der Waals surface area contributed by atoms with Gasteiger partial charge < -0.3 is 14.7 Å². The van der Waals surface area contributed by atoms with Crippen LogP contribution in [0.2, 0.25) is 0 Å². The van der Waals surface area contributed by atoms with Gasteiger partial charge in [0, 0.05) is 4.88 Å². The molecule has 0 bridgehead atoms. The lowest BCUT2D eigenvalue weighted by atomic mass is 10.1. The predicted molar refractivity (Wildman–Crippen MR) is 61.9 cm³/mol.